The number of aryl methyl sites for hydroxylation is 1. The lowest BCUT2D eigenvalue weighted by molar-refractivity contribution is -0.133. The highest BCUT2D eigenvalue weighted by Crippen LogP contribution is 2.46. The van der Waals surface area contributed by atoms with Gasteiger partial charge in [-0.15, -0.1) is 0 Å². The molecule has 59 heavy (non-hydrogen) atoms. The maximum absolute atomic E-state index is 13.0. The molecule has 4 fully saturated rings. The molecule has 3 amide bonds. The van der Waals surface area contributed by atoms with Gasteiger partial charge in [0.1, 0.15) is 18.0 Å². The first-order chi connectivity index (χ1) is 28.6. The third-order valence-electron chi connectivity index (χ3n) is 13.2. The average Bonchev–Trinajstić information content (AvgIpc) is 3.59. The molecule has 0 spiro atoms. The molecular weight excluding hydrogens is 745 g/mol. The van der Waals surface area contributed by atoms with Crippen LogP contribution in [0.15, 0.2) is 71.5 Å². The predicted octanol–water partition coefficient (Wildman–Crippen LogP) is 6.30. The molecule has 3 aromatic heterocycles. The largest absolute Gasteiger partial charge is 0.374 e. The van der Waals surface area contributed by atoms with Crippen LogP contribution in [0.5, 0.6) is 0 Å². The van der Waals surface area contributed by atoms with Crippen LogP contribution in [0.25, 0.3) is 33.2 Å². The summed E-state index contributed by atoms with van der Waals surface area (Å²) < 4.78 is 5.29. The lowest BCUT2D eigenvalue weighted by Crippen LogP contribution is -2.53. The molecule has 2 saturated carbocycles. The fraction of sp³-hybridized carbons (Fsp3) is 0.400. The number of carbonyl (C=O) groups is 3. The molecule has 302 valence electrons. The van der Waals surface area contributed by atoms with Crippen LogP contribution in [-0.4, -0.2) is 86.0 Å². The van der Waals surface area contributed by atoms with Crippen LogP contribution >= 0.6 is 0 Å². The molecule has 1 unspecified atom stereocenters. The number of amides is 3. The molecule has 3 aromatic carbocycles. The number of piperazine rings is 1. The zero-order chi connectivity index (χ0) is 40.4. The van der Waals surface area contributed by atoms with E-state index in [0.29, 0.717) is 30.6 Å². The van der Waals surface area contributed by atoms with Crippen molar-refractivity contribution in [2.24, 2.45) is 0 Å². The van der Waals surface area contributed by atoms with Gasteiger partial charge in [0.2, 0.25) is 11.8 Å². The molecule has 14 heteroatoms. The van der Waals surface area contributed by atoms with E-state index in [-0.39, 0.29) is 41.1 Å². The first kappa shape index (κ1) is 37.1. The quantitative estimate of drug-likeness (QED) is 0.115. The predicted molar refractivity (Wildman–Crippen MR) is 224 cm³/mol. The molecule has 4 aliphatic rings. The van der Waals surface area contributed by atoms with E-state index in [2.05, 4.69) is 114 Å². The van der Waals surface area contributed by atoms with Crippen molar-refractivity contribution >= 4 is 51.0 Å². The minimum atomic E-state index is -0.378. The van der Waals surface area contributed by atoms with Crippen LogP contribution in [0.3, 0.4) is 0 Å². The van der Waals surface area contributed by atoms with Gasteiger partial charge in [-0.3, -0.25) is 24.6 Å². The Morgan fingerprint density at radius 1 is 0.983 bits per heavy atom. The first-order valence-electron chi connectivity index (χ1n) is 20.8. The molecule has 10 rings (SSSR count). The Kier molecular flexibility index (Phi) is 9.19. The summed E-state index contributed by atoms with van der Waals surface area (Å²) >= 11 is 0. The maximum atomic E-state index is 13.0. The second-order valence-corrected chi connectivity index (χ2v) is 17.2. The van der Waals surface area contributed by atoms with E-state index < -0.39 is 0 Å². The van der Waals surface area contributed by atoms with Crippen molar-refractivity contribution in [3.63, 3.8) is 0 Å². The summed E-state index contributed by atoms with van der Waals surface area (Å²) in [6.07, 6.45) is 6.82. The zero-order valence-electron chi connectivity index (χ0n) is 33.5. The lowest BCUT2D eigenvalue weighted by atomic mass is 9.75. The third kappa shape index (κ3) is 7.09. The van der Waals surface area contributed by atoms with Crippen molar-refractivity contribution in [3.8, 4) is 11.3 Å². The van der Waals surface area contributed by atoms with E-state index in [1.54, 1.807) is 6.33 Å². The Bertz CT molecular complexity index is 2600. The molecule has 14 nitrogen and oxygen atoms in total. The molecule has 2 aliphatic heterocycles. The van der Waals surface area contributed by atoms with Crippen molar-refractivity contribution in [2.45, 2.75) is 88.8 Å². The van der Waals surface area contributed by atoms with E-state index >= 15 is 0 Å². The Morgan fingerprint density at radius 3 is 2.53 bits per heavy atom. The molecular formula is C45H48N10O4. The number of benzene rings is 3. The minimum Gasteiger partial charge on any atom is -0.374 e. The Balaban J connectivity index is 0.761. The highest BCUT2D eigenvalue weighted by Gasteiger charge is 2.44. The van der Waals surface area contributed by atoms with Crippen molar-refractivity contribution < 1.29 is 18.9 Å². The summed E-state index contributed by atoms with van der Waals surface area (Å²) in [5, 5.41) is 14.8. The number of rotatable bonds is 10. The Labute approximate surface area is 341 Å². The molecule has 2 atom stereocenters. The summed E-state index contributed by atoms with van der Waals surface area (Å²) in [5.74, 6) is 0.314. The van der Waals surface area contributed by atoms with Gasteiger partial charge in [-0.25, -0.2) is 9.97 Å². The second-order valence-electron chi connectivity index (χ2n) is 17.2. The van der Waals surface area contributed by atoms with Crippen LogP contribution in [0.2, 0.25) is 0 Å². The summed E-state index contributed by atoms with van der Waals surface area (Å²) in [5.41, 5.74) is 9.08. The van der Waals surface area contributed by atoms with Gasteiger partial charge in [0.05, 0.1) is 17.1 Å². The molecule has 0 radical (unpaired) electrons. The minimum absolute atomic E-state index is 0.00506. The van der Waals surface area contributed by atoms with Crippen molar-refractivity contribution in [2.75, 3.05) is 36.4 Å². The highest BCUT2D eigenvalue weighted by atomic mass is 16.5. The average molecular weight is 793 g/mol. The monoisotopic (exact) mass is 792 g/mol. The van der Waals surface area contributed by atoms with Crippen molar-refractivity contribution in [1.29, 1.82) is 0 Å². The SMILES string of the molecule is Cc1cc(-c2ncnc3[nH]c4cc(N5CCN([C@H]6C[C@H](c7ccc(NC8CCC(=O)NC8=O)cc7)C6)CC5)ccc4c23)ccc1[C@@H](C)NC(=O)c1nc(C2(C)CC2)no1. The zero-order valence-corrected chi connectivity index (χ0v) is 33.5. The summed E-state index contributed by atoms with van der Waals surface area (Å²) in [4.78, 5) is 59.0. The smallest absolute Gasteiger partial charge is 0.315 e. The standard InChI is InChI=1S/C45H48N10O4/c1-25-20-28(6-10-33(25)26(2)48-42(58)43-52-44(53-59-43)45(3)14-15-45)39-38-34-11-9-31(23-36(34)50-40(38)47-24-46-39)54-16-18-55(19-17-54)32-21-29(22-32)27-4-7-30(8-5-27)49-35-12-13-37(56)51-41(35)57/h4-11,20,23-24,26,29,32,35,49H,12-19,21-22H2,1-3H3,(H,48,58)(H,46,47,50)(H,51,56,57)/t26-,29-,32-,35?/m1/s1. The van der Waals surface area contributed by atoms with E-state index in [9.17, 15) is 14.4 Å². The molecule has 2 aliphatic carbocycles. The number of nitrogens with zero attached hydrogens (tertiary/aromatic N) is 6. The van der Waals surface area contributed by atoms with Gasteiger partial charge in [-0.1, -0.05) is 42.4 Å². The third-order valence-corrected chi connectivity index (χ3v) is 13.2. The van der Waals surface area contributed by atoms with Gasteiger partial charge >= 0.3 is 11.8 Å². The van der Waals surface area contributed by atoms with Crippen LogP contribution in [0.1, 0.15) is 97.5 Å². The fourth-order valence-electron chi connectivity index (χ4n) is 9.14. The number of carbonyl (C=O) groups excluding carboxylic acids is 3. The van der Waals surface area contributed by atoms with Crippen molar-refractivity contribution in [1.82, 2.24) is 40.6 Å². The molecule has 6 aromatic rings. The van der Waals surface area contributed by atoms with Crippen LogP contribution in [0.4, 0.5) is 11.4 Å². The number of fused-ring (bicyclic) bond motifs is 3. The van der Waals surface area contributed by atoms with E-state index in [1.807, 2.05) is 13.0 Å². The van der Waals surface area contributed by atoms with E-state index in [0.717, 1.165) is 102 Å². The van der Waals surface area contributed by atoms with Gasteiger partial charge in [0.25, 0.3) is 0 Å². The number of aromatic amines is 1. The number of aromatic nitrogens is 5. The van der Waals surface area contributed by atoms with Gasteiger partial charge in [0, 0.05) is 71.9 Å². The summed E-state index contributed by atoms with van der Waals surface area (Å²) in [6.45, 7) is 10.1. The number of anilines is 2. The topological polar surface area (TPSA) is 174 Å². The van der Waals surface area contributed by atoms with Crippen molar-refractivity contribution in [3.05, 3.63) is 95.4 Å². The molecule has 4 N–H and O–H groups in total. The van der Waals surface area contributed by atoms with Crippen LogP contribution in [-0.2, 0) is 15.0 Å². The number of hydrogen-bond donors (Lipinski definition) is 4. The van der Waals surface area contributed by atoms with E-state index in [1.165, 1.54) is 11.3 Å². The lowest BCUT2D eigenvalue weighted by Gasteiger charge is -2.47. The number of nitrogens with one attached hydrogen (secondary N) is 4. The maximum Gasteiger partial charge on any atom is 0.315 e. The normalized spacial score (nSPS) is 22.2. The highest BCUT2D eigenvalue weighted by molar-refractivity contribution is 6.12. The molecule has 5 heterocycles. The number of piperidine rings is 1. The van der Waals surface area contributed by atoms with Gasteiger partial charge in [-0.2, -0.15) is 4.98 Å². The number of imide groups is 1. The Morgan fingerprint density at radius 2 is 1.78 bits per heavy atom. The Hall–Kier alpha value is -6.15. The fourth-order valence-corrected chi connectivity index (χ4v) is 9.14. The van der Waals surface area contributed by atoms with Gasteiger partial charge < -0.3 is 25.0 Å². The number of hydrogen-bond acceptors (Lipinski definition) is 11. The molecule has 2 saturated heterocycles. The molecule has 0 bridgehead atoms. The van der Waals surface area contributed by atoms with Crippen LogP contribution < -0.4 is 20.9 Å². The van der Waals surface area contributed by atoms with Gasteiger partial charge in [0.15, 0.2) is 5.82 Å². The number of H-pyrrole nitrogens is 1. The first-order valence-corrected chi connectivity index (χ1v) is 20.8. The summed E-state index contributed by atoms with van der Waals surface area (Å²) in [7, 11) is 0. The van der Waals surface area contributed by atoms with E-state index in [4.69, 9.17) is 9.51 Å². The van der Waals surface area contributed by atoms with Crippen LogP contribution in [0, 0.1) is 6.92 Å². The second kappa shape index (κ2) is 14.6. The van der Waals surface area contributed by atoms with Gasteiger partial charge in [-0.05, 0) is 98.9 Å². The summed E-state index contributed by atoms with van der Waals surface area (Å²) in [6, 6.07) is 21.3.